The van der Waals surface area contributed by atoms with Crippen molar-refractivity contribution in [2.45, 2.75) is 19.6 Å². The van der Waals surface area contributed by atoms with Crippen LogP contribution in [0.1, 0.15) is 40.8 Å². The minimum Gasteiger partial charge on any atom is -0.493 e. The number of rotatable bonds is 10. The highest BCUT2D eigenvalue weighted by molar-refractivity contribution is 9.10. The average molecular weight is 737 g/mol. The molecule has 1 aliphatic heterocycles. The first-order valence-electron chi connectivity index (χ1n) is 15.3. The highest BCUT2D eigenvalue weighted by Crippen LogP contribution is 2.42. The summed E-state index contributed by atoms with van der Waals surface area (Å²) in [5, 5.41) is 9.41. The summed E-state index contributed by atoms with van der Waals surface area (Å²) in [7, 11) is 3.05. The third-order valence-electron chi connectivity index (χ3n) is 7.88. The van der Waals surface area contributed by atoms with Crippen LogP contribution < -0.4 is 29.1 Å². The molecule has 0 saturated heterocycles. The van der Waals surface area contributed by atoms with E-state index in [0.717, 1.165) is 11.1 Å². The summed E-state index contributed by atoms with van der Waals surface area (Å²) < 4.78 is 25.6. The van der Waals surface area contributed by atoms with Gasteiger partial charge in [-0.1, -0.05) is 78.1 Å². The Bertz CT molecular complexity index is 2310. The fourth-order valence-corrected chi connectivity index (χ4v) is 7.16. The van der Waals surface area contributed by atoms with Gasteiger partial charge in [0.1, 0.15) is 18.4 Å². The zero-order chi connectivity index (χ0) is 34.5. The van der Waals surface area contributed by atoms with Gasteiger partial charge >= 0.3 is 5.97 Å². The van der Waals surface area contributed by atoms with Crippen LogP contribution in [0.2, 0.25) is 0 Å². The van der Waals surface area contributed by atoms with Crippen molar-refractivity contribution in [2.24, 2.45) is 4.99 Å². The van der Waals surface area contributed by atoms with Crippen LogP contribution in [-0.4, -0.2) is 31.4 Å². The molecular formula is C38H30BrN3O6S. The number of hydrogen-bond acceptors (Lipinski definition) is 9. The Kier molecular flexibility index (Phi) is 10.1. The maximum Gasteiger partial charge on any atom is 0.338 e. The molecule has 1 aliphatic rings. The molecule has 11 heteroatoms. The lowest BCUT2D eigenvalue weighted by molar-refractivity contribution is -0.138. The van der Waals surface area contributed by atoms with Crippen LogP contribution in [0.4, 0.5) is 0 Å². The topological polar surface area (TPSA) is 112 Å². The minimum absolute atomic E-state index is 0.135. The van der Waals surface area contributed by atoms with Gasteiger partial charge in [-0.15, -0.1) is 0 Å². The van der Waals surface area contributed by atoms with Gasteiger partial charge in [-0.25, -0.2) is 9.79 Å². The van der Waals surface area contributed by atoms with Crippen LogP contribution in [-0.2, 0) is 16.1 Å². The second-order valence-electron chi connectivity index (χ2n) is 10.8. The number of benzene rings is 4. The lowest BCUT2D eigenvalue weighted by Gasteiger charge is -2.27. The molecule has 1 atom stereocenters. The van der Waals surface area contributed by atoms with Crippen LogP contribution in [0.3, 0.4) is 0 Å². The van der Waals surface area contributed by atoms with Gasteiger partial charge in [-0.3, -0.25) is 9.36 Å². The van der Waals surface area contributed by atoms with Crippen molar-refractivity contribution in [1.82, 2.24) is 4.57 Å². The highest BCUT2D eigenvalue weighted by atomic mass is 79.9. The maximum absolute atomic E-state index is 14.4. The third-order valence-corrected chi connectivity index (χ3v) is 9.48. The number of nitriles is 1. The van der Waals surface area contributed by atoms with Gasteiger partial charge in [0.2, 0.25) is 0 Å². The third kappa shape index (κ3) is 6.66. The first-order chi connectivity index (χ1) is 23.9. The number of aromatic nitrogens is 1. The van der Waals surface area contributed by atoms with Crippen LogP contribution in [0.5, 0.6) is 17.2 Å². The van der Waals surface area contributed by atoms with Crippen molar-refractivity contribution in [2.75, 3.05) is 20.8 Å². The van der Waals surface area contributed by atoms with E-state index in [4.69, 9.17) is 23.9 Å². The Morgan fingerprint density at radius 1 is 1.00 bits per heavy atom. The Balaban J connectivity index is 1.50. The summed E-state index contributed by atoms with van der Waals surface area (Å²) in [5.74, 6) is 0.832. The Morgan fingerprint density at radius 3 is 2.49 bits per heavy atom. The van der Waals surface area contributed by atoms with E-state index in [1.54, 1.807) is 43.3 Å². The van der Waals surface area contributed by atoms with Crippen LogP contribution in [0.15, 0.2) is 111 Å². The second-order valence-corrected chi connectivity index (χ2v) is 12.6. The SMILES string of the molecule is CCOC(=O)C1=C(c2ccccc2)N=c2s/c(=C\c3ccc(OCc4ccccc4C#N)c(Br)c3)c(=O)n2[C@H]1c1cccc(OC)c1OC. The summed E-state index contributed by atoms with van der Waals surface area (Å²) in [5.41, 5.74) is 3.60. The summed E-state index contributed by atoms with van der Waals surface area (Å²) in [4.78, 5) is 33.5. The zero-order valence-electron chi connectivity index (χ0n) is 26.8. The molecule has 0 unspecified atom stereocenters. The number of methoxy groups -OCH3 is 2. The smallest absolute Gasteiger partial charge is 0.338 e. The van der Waals surface area contributed by atoms with E-state index >= 15 is 0 Å². The largest absolute Gasteiger partial charge is 0.493 e. The van der Waals surface area contributed by atoms with Gasteiger partial charge in [-0.05, 0) is 58.8 Å². The van der Waals surface area contributed by atoms with Gasteiger partial charge in [0, 0.05) is 16.7 Å². The molecule has 0 spiro atoms. The summed E-state index contributed by atoms with van der Waals surface area (Å²) >= 11 is 4.81. The molecular weight excluding hydrogens is 706 g/mol. The van der Waals surface area contributed by atoms with Crippen LogP contribution in [0.25, 0.3) is 11.8 Å². The van der Waals surface area contributed by atoms with Gasteiger partial charge in [-0.2, -0.15) is 5.26 Å². The molecule has 1 aromatic heterocycles. The van der Waals surface area contributed by atoms with Crippen molar-refractivity contribution >= 4 is 45.0 Å². The predicted molar refractivity (Wildman–Crippen MR) is 190 cm³/mol. The number of nitrogens with zero attached hydrogens (tertiary/aromatic N) is 3. The van der Waals surface area contributed by atoms with Crippen molar-refractivity contribution in [1.29, 1.82) is 5.26 Å². The Morgan fingerprint density at radius 2 is 1.78 bits per heavy atom. The minimum atomic E-state index is -0.934. The van der Waals surface area contributed by atoms with E-state index < -0.39 is 12.0 Å². The number of carbonyl (C=O) groups excluding carboxylic acids is 1. The number of fused-ring (bicyclic) bond motifs is 1. The van der Waals surface area contributed by atoms with Crippen molar-refractivity contribution in [3.05, 3.63) is 149 Å². The Labute approximate surface area is 294 Å². The molecule has 0 radical (unpaired) electrons. The maximum atomic E-state index is 14.4. The number of carbonyl (C=O) groups is 1. The van der Waals surface area contributed by atoms with Gasteiger partial charge in [0.15, 0.2) is 16.3 Å². The average Bonchev–Trinajstić information content (AvgIpc) is 3.44. The number of hydrogen-bond donors (Lipinski definition) is 0. The fourth-order valence-electron chi connectivity index (χ4n) is 5.65. The van der Waals surface area contributed by atoms with Gasteiger partial charge in [0.25, 0.3) is 5.56 Å². The first-order valence-corrected chi connectivity index (χ1v) is 16.9. The molecule has 0 aliphatic carbocycles. The lowest BCUT2D eigenvalue weighted by atomic mass is 9.92. The number of para-hydroxylation sites is 1. The molecule has 2 heterocycles. The van der Waals surface area contributed by atoms with E-state index in [9.17, 15) is 14.9 Å². The number of thiazole rings is 1. The number of esters is 1. The monoisotopic (exact) mass is 735 g/mol. The van der Waals surface area contributed by atoms with E-state index in [0.29, 0.717) is 53.4 Å². The Hall–Kier alpha value is -5.44. The molecule has 0 amide bonds. The molecule has 0 bridgehead atoms. The summed E-state index contributed by atoms with van der Waals surface area (Å²) in [6, 6.07) is 28.7. The van der Waals surface area contributed by atoms with Crippen LogP contribution >= 0.6 is 27.3 Å². The molecule has 0 fully saturated rings. The number of halogens is 1. The summed E-state index contributed by atoms with van der Waals surface area (Å²) in [6.07, 6.45) is 1.78. The molecule has 9 nitrogen and oxygen atoms in total. The fraction of sp³-hybridized carbons (Fsp3) is 0.158. The normalized spacial score (nSPS) is 14.0. The molecule has 5 aromatic rings. The van der Waals surface area contributed by atoms with Crippen LogP contribution in [0, 0.1) is 11.3 Å². The van der Waals surface area contributed by atoms with E-state index in [-0.39, 0.29) is 24.3 Å². The summed E-state index contributed by atoms with van der Waals surface area (Å²) in [6.45, 7) is 2.09. The highest BCUT2D eigenvalue weighted by Gasteiger charge is 2.37. The van der Waals surface area contributed by atoms with Gasteiger partial charge in [0.05, 0.1) is 52.7 Å². The lowest BCUT2D eigenvalue weighted by Crippen LogP contribution is -2.40. The molecule has 6 rings (SSSR count). The number of ether oxygens (including phenoxy) is 4. The van der Waals surface area contributed by atoms with Crippen molar-refractivity contribution < 1.29 is 23.7 Å². The van der Waals surface area contributed by atoms with Gasteiger partial charge < -0.3 is 18.9 Å². The molecule has 4 aromatic carbocycles. The standard InChI is InChI=1S/C38H30BrN3O6S/c1-4-47-37(44)32-33(24-11-6-5-7-12-24)41-38-42(34(32)27-15-10-16-30(45-2)35(27)46-3)36(43)31(49-38)20-23-17-18-29(28(39)19-23)48-22-26-14-9-8-13-25(26)21-40/h5-20,34H,4,22H2,1-3H3/b31-20-/t34-/m0/s1. The van der Waals surface area contributed by atoms with E-state index in [1.807, 2.05) is 60.7 Å². The quantitative estimate of drug-likeness (QED) is 0.158. The molecule has 246 valence electrons. The zero-order valence-corrected chi connectivity index (χ0v) is 29.2. The second kappa shape index (κ2) is 14.8. The van der Waals surface area contributed by atoms with Crippen molar-refractivity contribution in [3.63, 3.8) is 0 Å². The van der Waals surface area contributed by atoms with E-state index in [1.165, 1.54) is 30.1 Å². The van der Waals surface area contributed by atoms with Crippen molar-refractivity contribution in [3.8, 4) is 23.3 Å². The molecule has 0 saturated carbocycles. The molecule has 0 N–H and O–H groups in total. The first kappa shape index (κ1) is 33.5. The molecule has 49 heavy (non-hydrogen) atoms. The predicted octanol–water partition coefficient (Wildman–Crippen LogP) is 6.17. The van der Waals surface area contributed by atoms with E-state index in [2.05, 4.69) is 22.0 Å².